The normalized spacial score (nSPS) is 30.4. The Bertz CT molecular complexity index is 810. The summed E-state index contributed by atoms with van der Waals surface area (Å²) in [5.41, 5.74) is -0.523. The van der Waals surface area contributed by atoms with Crippen molar-refractivity contribution in [3.8, 4) is 0 Å². The average molecular weight is 289 g/mol. The van der Waals surface area contributed by atoms with Crippen LogP contribution in [0.1, 0.15) is 36.7 Å². The molecular weight excluding hydrogens is 274 g/mol. The summed E-state index contributed by atoms with van der Waals surface area (Å²) >= 11 is 0. The van der Waals surface area contributed by atoms with E-state index in [1.807, 2.05) is 0 Å². The molecule has 0 aliphatic heterocycles. The Hall–Kier alpha value is -2.25. The van der Waals surface area contributed by atoms with Crippen molar-refractivity contribution in [3.63, 3.8) is 0 Å². The van der Waals surface area contributed by atoms with Gasteiger partial charge in [0, 0.05) is 13.0 Å². The number of carbonyl (C=O) groups is 1. The zero-order chi connectivity index (χ0) is 14.8. The van der Waals surface area contributed by atoms with Crippen LogP contribution >= 0.6 is 0 Å². The Morgan fingerprint density at radius 3 is 2.95 bits per heavy atom. The highest BCUT2D eigenvalue weighted by Gasteiger charge is 2.64. The second kappa shape index (κ2) is 3.90. The van der Waals surface area contributed by atoms with Crippen LogP contribution in [0.4, 0.5) is 0 Å². The molecule has 4 rings (SSSR count). The van der Waals surface area contributed by atoms with Crippen molar-refractivity contribution < 1.29 is 9.53 Å². The molecule has 2 fully saturated rings. The minimum Gasteiger partial charge on any atom is -0.454 e. The molecule has 21 heavy (non-hydrogen) atoms. The van der Waals surface area contributed by atoms with Crippen molar-refractivity contribution in [2.75, 3.05) is 0 Å². The Kier molecular flexibility index (Phi) is 2.32. The first-order chi connectivity index (χ1) is 10.0. The highest BCUT2D eigenvalue weighted by molar-refractivity contribution is 5.94. The van der Waals surface area contributed by atoms with E-state index in [1.54, 1.807) is 0 Å². The minimum atomic E-state index is -0.517. The molecule has 110 valence electrons. The molecule has 2 heterocycles. The number of nitrogens with zero attached hydrogens (tertiary/aromatic N) is 5. The molecule has 0 spiro atoms. The molecule has 3 atom stereocenters. The third-order valence-electron chi connectivity index (χ3n) is 4.85. The summed E-state index contributed by atoms with van der Waals surface area (Å²) in [6, 6.07) is 0. The monoisotopic (exact) mass is 289 g/mol. The maximum Gasteiger partial charge on any atom is 0.361 e. The van der Waals surface area contributed by atoms with Gasteiger partial charge >= 0.3 is 11.7 Å². The maximum atomic E-state index is 12.4. The smallest absolute Gasteiger partial charge is 0.361 e. The largest absolute Gasteiger partial charge is 0.454 e. The molecular formula is C13H15N5O3. The Morgan fingerprint density at radius 1 is 1.48 bits per heavy atom. The number of imidazole rings is 1. The number of hydrogen-bond acceptors (Lipinski definition) is 6. The topological polar surface area (TPSA) is 91.4 Å². The second-order valence-electron chi connectivity index (χ2n) is 6.01. The number of esters is 1. The zero-order valence-corrected chi connectivity index (χ0v) is 11.8. The number of aromatic nitrogens is 5. The number of fused-ring (bicyclic) bond motifs is 2. The van der Waals surface area contributed by atoms with E-state index in [9.17, 15) is 9.59 Å². The second-order valence-corrected chi connectivity index (χ2v) is 6.01. The van der Waals surface area contributed by atoms with E-state index in [0.29, 0.717) is 11.8 Å². The van der Waals surface area contributed by atoms with E-state index >= 15 is 0 Å². The molecule has 3 unspecified atom stereocenters. The van der Waals surface area contributed by atoms with Gasteiger partial charge in [-0.3, -0.25) is 0 Å². The van der Waals surface area contributed by atoms with Gasteiger partial charge in [-0.05, 0) is 25.2 Å². The molecule has 8 nitrogen and oxygen atoms in total. The van der Waals surface area contributed by atoms with Crippen molar-refractivity contribution in [2.24, 2.45) is 18.9 Å². The molecule has 8 heteroatoms. The predicted molar refractivity (Wildman–Crippen MR) is 70.7 cm³/mol. The lowest BCUT2D eigenvalue weighted by atomic mass is 10.0. The number of hydrogen-bond donors (Lipinski definition) is 0. The first-order valence-corrected chi connectivity index (χ1v) is 7.03. The maximum absolute atomic E-state index is 12.4. The number of carbonyl (C=O) groups excluding carboxylic acids is 1. The third-order valence-corrected chi connectivity index (χ3v) is 4.85. The minimum absolute atomic E-state index is 0.0549. The lowest BCUT2D eigenvalue weighted by Gasteiger charge is -2.19. The van der Waals surface area contributed by atoms with Gasteiger partial charge in [0.25, 0.3) is 0 Å². The molecule has 2 aliphatic rings. The molecule has 2 aromatic rings. The van der Waals surface area contributed by atoms with Gasteiger partial charge in [-0.25, -0.2) is 19.0 Å². The number of ether oxygens (including phenoxy) is 1. The van der Waals surface area contributed by atoms with Crippen molar-refractivity contribution in [1.29, 1.82) is 0 Å². The fourth-order valence-electron chi connectivity index (χ4n) is 3.44. The van der Waals surface area contributed by atoms with Gasteiger partial charge in [0.2, 0.25) is 0 Å². The summed E-state index contributed by atoms with van der Waals surface area (Å²) < 4.78 is 8.00. The highest BCUT2D eigenvalue weighted by atomic mass is 16.6. The standard InChI is InChI=1S/C13H15N5O3/c1-7-3-4-8-5-13(7,8)21-11(19)9-10-15-16-17(2)12(20)18(10)6-14-9/h6-8H,3-5H2,1-2H3. The van der Waals surface area contributed by atoms with Crippen LogP contribution in [-0.4, -0.2) is 35.9 Å². The Balaban J connectivity index is 1.70. The van der Waals surface area contributed by atoms with Gasteiger partial charge in [0.05, 0.1) is 0 Å². The van der Waals surface area contributed by atoms with Gasteiger partial charge in [-0.2, -0.15) is 4.68 Å². The summed E-state index contributed by atoms with van der Waals surface area (Å²) in [5.74, 6) is 0.333. The lowest BCUT2D eigenvalue weighted by molar-refractivity contribution is 0.00698. The lowest BCUT2D eigenvalue weighted by Crippen LogP contribution is -2.28. The molecule has 2 saturated carbocycles. The van der Waals surface area contributed by atoms with Gasteiger partial charge in [0.15, 0.2) is 11.3 Å². The van der Waals surface area contributed by atoms with E-state index in [-0.39, 0.29) is 16.9 Å². The van der Waals surface area contributed by atoms with Crippen LogP contribution in [0.5, 0.6) is 0 Å². The summed E-state index contributed by atoms with van der Waals surface area (Å²) in [7, 11) is 1.49. The van der Waals surface area contributed by atoms with Crippen LogP contribution in [0.25, 0.3) is 5.65 Å². The van der Waals surface area contributed by atoms with Crippen LogP contribution < -0.4 is 5.69 Å². The SMILES string of the molecule is CC1CCC2CC12OC(=O)c1ncn2c(=O)n(C)nnc12. The summed E-state index contributed by atoms with van der Waals surface area (Å²) in [6.07, 6.45) is 4.41. The van der Waals surface area contributed by atoms with E-state index in [0.717, 1.165) is 23.9 Å². The number of rotatable bonds is 2. The first kappa shape index (κ1) is 12.5. The molecule has 0 saturated heterocycles. The Labute approximate surface area is 119 Å². The van der Waals surface area contributed by atoms with E-state index in [2.05, 4.69) is 22.2 Å². The molecule has 0 amide bonds. The summed E-state index contributed by atoms with van der Waals surface area (Å²) in [5, 5.41) is 7.55. The van der Waals surface area contributed by atoms with Gasteiger partial charge < -0.3 is 4.74 Å². The zero-order valence-electron chi connectivity index (χ0n) is 11.8. The van der Waals surface area contributed by atoms with Crippen LogP contribution in [0.2, 0.25) is 0 Å². The predicted octanol–water partition coefficient (Wildman–Crippen LogP) is 0.168. The Morgan fingerprint density at radius 2 is 2.29 bits per heavy atom. The van der Waals surface area contributed by atoms with Crippen LogP contribution in [0.3, 0.4) is 0 Å². The van der Waals surface area contributed by atoms with Crippen LogP contribution in [0.15, 0.2) is 11.1 Å². The van der Waals surface area contributed by atoms with Gasteiger partial charge in [0.1, 0.15) is 11.9 Å². The van der Waals surface area contributed by atoms with Crippen LogP contribution in [0, 0.1) is 11.8 Å². The average Bonchev–Trinajstić information content (AvgIpc) is 2.85. The van der Waals surface area contributed by atoms with Crippen molar-refractivity contribution in [2.45, 2.75) is 31.8 Å². The molecule has 0 radical (unpaired) electrons. The fourth-order valence-corrected chi connectivity index (χ4v) is 3.44. The van der Waals surface area contributed by atoms with E-state index in [4.69, 9.17) is 4.74 Å². The van der Waals surface area contributed by atoms with Crippen LogP contribution in [-0.2, 0) is 11.8 Å². The van der Waals surface area contributed by atoms with Gasteiger partial charge in [-0.1, -0.05) is 12.1 Å². The van der Waals surface area contributed by atoms with Crippen molar-refractivity contribution >= 4 is 11.6 Å². The molecule has 2 aromatic heterocycles. The molecule has 0 bridgehead atoms. The first-order valence-electron chi connectivity index (χ1n) is 7.03. The van der Waals surface area contributed by atoms with Gasteiger partial charge in [-0.15, -0.1) is 5.10 Å². The molecule has 0 aromatic carbocycles. The van der Waals surface area contributed by atoms with Crippen molar-refractivity contribution in [1.82, 2.24) is 24.4 Å². The summed E-state index contributed by atoms with van der Waals surface area (Å²) in [6.45, 7) is 2.11. The molecule has 2 aliphatic carbocycles. The van der Waals surface area contributed by atoms with E-state index in [1.165, 1.54) is 17.8 Å². The fraction of sp³-hybridized carbons (Fsp3) is 0.615. The van der Waals surface area contributed by atoms with Crippen molar-refractivity contribution in [3.05, 3.63) is 22.5 Å². The number of aryl methyl sites for hydroxylation is 1. The van der Waals surface area contributed by atoms with E-state index < -0.39 is 11.7 Å². The summed E-state index contributed by atoms with van der Waals surface area (Å²) in [4.78, 5) is 28.2. The highest BCUT2D eigenvalue weighted by Crippen LogP contribution is 2.61. The quantitative estimate of drug-likeness (QED) is 0.732. The molecule has 0 N–H and O–H groups in total. The third kappa shape index (κ3) is 1.58.